The summed E-state index contributed by atoms with van der Waals surface area (Å²) in [4.78, 5) is 16.9. The Balaban J connectivity index is 1.59. The standard InChI is InChI=1S/C36H45N3O7Si/c1-35(2,3)47(6,7)46-32-31(40)29(45-33(32)39-22-21-30(37)38-34(39)41)23-44-36(24-11-9-8-10-12-24,25-13-17-27(42-4)18-14-25)26-15-19-28(43-5)20-16-26/h8-22,29,31-33,40H,23H2,1-7H3,(H2,37,38,41)/t29-,31-,32-,33-/m1/s1. The van der Waals surface area contributed by atoms with Crippen LogP contribution >= 0.6 is 0 Å². The lowest BCUT2D eigenvalue weighted by molar-refractivity contribution is -0.0956. The van der Waals surface area contributed by atoms with Gasteiger partial charge in [-0.05, 0) is 65.2 Å². The van der Waals surface area contributed by atoms with E-state index in [2.05, 4.69) is 38.8 Å². The number of rotatable bonds is 11. The third kappa shape index (κ3) is 6.86. The highest BCUT2D eigenvalue weighted by Crippen LogP contribution is 2.45. The Hall–Kier alpha value is -4.00. The van der Waals surface area contributed by atoms with E-state index < -0.39 is 44.1 Å². The van der Waals surface area contributed by atoms with Gasteiger partial charge in [-0.15, -0.1) is 0 Å². The molecular weight excluding hydrogens is 614 g/mol. The highest BCUT2D eigenvalue weighted by atomic mass is 28.4. The van der Waals surface area contributed by atoms with Crippen molar-refractivity contribution >= 4 is 14.1 Å². The minimum atomic E-state index is -2.45. The fourth-order valence-corrected chi connectivity index (χ4v) is 6.91. The van der Waals surface area contributed by atoms with Crippen molar-refractivity contribution in [1.29, 1.82) is 0 Å². The highest BCUT2D eigenvalue weighted by Gasteiger charge is 2.51. The number of aliphatic hydroxyl groups excluding tert-OH is 1. The van der Waals surface area contributed by atoms with Gasteiger partial charge in [0.1, 0.15) is 41.2 Å². The first-order chi connectivity index (χ1) is 22.3. The molecule has 0 unspecified atom stereocenters. The van der Waals surface area contributed by atoms with E-state index in [4.69, 9.17) is 29.1 Å². The Morgan fingerprint density at radius 2 is 1.40 bits per heavy atom. The molecule has 2 heterocycles. The predicted octanol–water partition coefficient (Wildman–Crippen LogP) is 5.50. The smallest absolute Gasteiger partial charge is 0.351 e. The number of anilines is 1. The molecule has 10 nitrogen and oxygen atoms in total. The van der Waals surface area contributed by atoms with E-state index >= 15 is 0 Å². The number of aromatic nitrogens is 2. The summed E-state index contributed by atoms with van der Waals surface area (Å²) in [5.74, 6) is 1.50. The van der Waals surface area contributed by atoms with Crippen molar-refractivity contribution in [2.24, 2.45) is 0 Å². The van der Waals surface area contributed by atoms with E-state index in [1.807, 2.05) is 78.9 Å². The van der Waals surface area contributed by atoms with Crippen LogP contribution in [0.3, 0.4) is 0 Å². The summed E-state index contributed by atoms with van der Waals surface area (Å²) in [6, 6.07) is 26.8. The number of aliphatic hydroxyl groups is 1. The van der Waals surface area contributed by atoms with Gasteiger partial charge < -0.3 is 34.2 Å². The van der Waals surface area contributed by atoms with Gasteiger partial charge in [0, 0.05) is 6.20 Å². The molecule has 4 atom stereocenters. The molecule has 0 aliphatic carbocycles. The monoisotopic (exact) mass is 659 g/mol. The lowest BCUT2D eigenvalue weighted by Crippen LogP contribution is -2.49. The van der Waals surface area contributed by atoms with E-state index in [1.165, 1.54) is 16.8 Å². The average molecular weight is 660 g/mol. The van der Waals surface area contributed by atoms with Crippen LogP contribution in [0.25, 0.3) is 0 Å². The highest BCUT2D eigenvalue weighted by molar-refractivity contribution is 6.74. The molecule has 3 N–H and O–H groups in total. The third-order valence-corrected chi connectivity index (χ3v) is 13.8. The van der Waals surface area contributed by atoms with Gasteiger partial charge in [-0.25, -0.2) is 4.79 Å². The second kappa shape index (κ2) is 13.6. The van der Waals surface area contributed by atoms with Crippen LogP contribution in [0.4, 0.5) is 5.82 Å². The minimum absolute atomic E-state index is 0.0425. The molecule has 0 saturated carbocycles. The van der Waals surface area contributed by atoms with E-state index in [9.17, 15) is 9.90 Å². The number of ether oxygens (including phenoxy) is 4. The van der Waals surface area contributed by atoms with Gasteiger partial charge in [0.15, 0.2) is 14.5 Å². The molecule has 0 amide bonds. The quantitative estimate of drug-likeness (QED) is 0.159. The molecule has 250 valence electrons. The van der Waals surface area contributed by atoms with Gasteiger partial charge in [0.2, 0.25) is 0 Å². The number of nitrogens with two attached hydrogens (primary N) is 1. The maximum Gasteiger partial charge on any atom is 0.351 e. The SMILES string of the molecule is COc1ccc(C(OC[C@H]2O[C@@H](n3ccc(N)nc3=O)[C@H](O[Si](C)(C)C(C)(C)C)[C@@H]2O)(c2ccccc2)c2ccc(OC)cc2)cc1. The molecule has 1 fully saturated rings. The summed E-state index contributed by atoms with van der Waals surface area (Å²) in [6.07, 6.45) is -2.28. The number of nitrogens with zero attached hydrogens (tertiary/aromatic N) is 2. The molecule has 3 aromatic carbocycles. The Labute approximate surface area is 277 Å². The molecule has 1 saturated heterocycles. The number of hydrogen-bond acceptors (Lipinski definition) is 9. The molecule has 1 aromatic heterocycles. The van der Waals surface area contributed by atoms with Gasteiger partial charge in [-0.1, -0.05) is 75.4 Å². The lowest BCUT2D eigenvalue weighted by atomic mass is 9.80. The number of hydrogen-bond donors (Lipinski definition) is 2. The van der Waals surface area contributed by atoms with Gasteiger partial charge >= 0.3 is 5.69 Å². The first-order valence-corrected chi connectivity index (χ1v) is 18.6. The van der Waals surface area contributed by atoms with Crippen molar-refractivity contribution in [3.63, 3.8) is 0 Å². The number of benzene rings is 3. The third-order valence-electron chi connectivity index (χ3n) is 9.31. The summed E-state index contributed by atoms with van der Waals surface area (Å²) in [6.45, 7) is 10.5. The van der Waals surface area contributed by atoms with E-state index in [0.29, 0.717) is 11.5 Å². The zero-order valence-electron chi connectivity index (χ0n) is 28.0. The summed E-state index contributed by atoms with van der Waals surface area (Å²) >= 11 is 0. The number of methoxy groups -OCH3 is 2. The van der Waals surface area contributed by atoms with Crippen molar-refractivity contribution < 1.29 is 28.5 Å². The molecule has 1 aliphatic rings. The van der Waals surface area contributed by atoms with Crippen molar-refractivity contribution in [2.45, 2.75) is 69.0 Å². The van der Waals surface area contributed by atoms with Crippen LogP contribution in [-0.4, -0.2) is 62.1 Å². The Morgan fingerprint density at radius 1 is 0.872 bits per heavy atom. The number of nitrogen functional groups attached to an aromatic ring is 1. The van der Waals surface area contributed by atoms with Gasteiger partial charge in [0.05, 0.1) is 20.8 Å². The van der Waals surface area contributed by atoms with Crippen molar-refractivity contribution in [3.05, 3.63) is 118 Å². The second-order valence-electron chi connectivity index (χ2n) is 13.3. The molecule has 5 rings (SSSR count). The molecule has 47 heavy (non-hydrogen) atoms. The van der Waals surface area contributed by atoms with Crippen LogP contribution in [0.2, 0.25) is 18.1 Å². The van der Waals surface area contributed by atoms with Crippen LogP contribution in [0.1, 0.15) is 43.7 Å². The van der Waals surface area contributed by atoms with Crippen molar-refractivity contribution in [2.75, 3.05) is 26.6 Å². The van der Waals surface area contributed by atoms with E-state index in [0.717, 1.165) is 16.7 Å². The van der Waals surface area contributed by atoms with Crippen LogP contribution in [-0.2, 0) is 19.5 Å². The van der Waals surface area contributed by atoms with E-state index in [-0.39, 0.29) is 17.5 Å². The zero-order valence-corrected chi connectivity index (χ0v) is 29.0. The van der Waals surface area contributed by atoms with Crippen LogP contribution < -0.4 is 20.9 Å². The van der Waals surface area contributed by atoms with Gasteiger partial charge in [-0.3, -0.25) is 4.57 Å². The maximum atomic E-state index is 13.0. The maximum absolute atomic E-state index is 13.0. The molecule has 1 aliphatic heterocycles. The lowest BCUT2D eigenvalue weighted by Gasteiger charge is -2.40. The fourth-order valence-electron chi connectivity index (χ4n) is 5.62. The second-order valence-corrected chi connectivity index (χ2v) is 18.0. The summed E-state index contributed by atoms with van der Waals surface area (Å²) in [5, 5.41) is 11.7. The minimum Gasteiger partial charge on any atom is -0.497 e. The molecule has 4 aromatic rings. The Morgan fingerprint density at radius 3 is 1.89 bits per heavy atom. The van der Waals surface area contributed by atoms with Crippen molar-refractivity contribution in [3.8, 4) is 11.5 Å². The summed E-state index contributed by atoms with van der Waals surface area (Å²) < 4.78 is 32.5. The Kier molecular flexibility index (Phi) is 9.95. The molecule has 11 heteroatoms. The average Bonchev–Trinajstić information content (AvgIpc) is 3.35. The summed E-state index contributed by atoms with van der Waals surface area (Å²) in [7, 11) is 0.803. The first-order valence-electron chi connectivity index (χ1n) is 15.7. The van der Waals surface area contributed by atoms with Crippen LogP contribution in [0.15, 0.2) is 95.9 Å². The predicted molar refractivity (Wildman–Crippen MR) is 183 cm³/mol. The zero-order chi connectivity index (χ0) is 34.0. The largest absolute Gasteiger partial charge is 0.497 e. The fraction of sp³-hybridized carbons (Fsp3) is 0.389. The first kappa shape index (κ1) is 34.3. The molecule has 0 spiro atoms. The molecular formula is C36H45N3O7Si. The van der Waals surface area contributed by atoms with Gasteiger partial charge in [0.25, 0.3) is 0 Å². The van der Waals surface area contributed by atoms with E-state index in [1.54, 1.807) is 14.2 Å². The molecule has 0 radical (unpaired) electrons. The van der Waals surface area contributed by atoms with Crippen LogP contribution in [0, 0.1) is 0 Å². The van der Waals surface area contributed by atoms with Crippen LogP contribution in [0.5, 0.6) is 11.5 Å². The van der Waals surface area contributed by atoms with Crippen molar-refractivity contribution in [1.82, 2.24) is 9.55 Å². The molecule has 0 bridgehead atoms. The normalized spacial score (nSPS) is 20.3. The summed E-state index contributed by atoms with van der Waals surface area (Å²) in [5.41, 5.74) is 6.62. The Bertz CT molecular complexity index is 1640. The topological polar surface area (TPSA) is 127 Å². The van der Waals surface area contributed by atoms with Gasteiger partial charge in [-0.2, -0.15) is 4.98 Å².